The molecule has 0 spiro atoms. The van der Waals surface area contributed by atoms with Gasteiger partial charge in [0.25, 0.3) is 0 Å². The Bertz CT molecular complexity index is 738. The summed E-state index contributed by atoms with van der Waals surface area (Å²) in [6.45, 7) is 0. The van der Waals surface area contributed by atoms with Crippen LogP contribution in [0.4, 0.5) is 0 Å². The van der Waals surface area contributed by atoms with Gasteiger partial charge in [0, 0.05) is 0 Å². The Hall–Kier alpha value is -2.40. The van der Waals surface area contributed by atoms with E-state index in [0.717, 1.165) is 5.56 Å². The van der Waals surface area contributed by atoms with Crippen LogP contribution in [0.1, 0.15) is 5.56 Å². The minimum absolute atomic E-state index is 0.250. The number of hydrogen-bond donors (Lipinski definition) is 0. The quantitative estimate of drug-likeness (QED) is 0.608. The van der Waals surface area contributed by atoms with Crippen molar-refractivity contribution in [3.63, 3.8) is 0 Å². The molecule has 2 aromatic carbocycles. The van der Waals surface area contributed by atoms with Gasteiger partial charge in [0.1, 0.15) is 12.4 Å². The molecule has 0 heterocycles. The van der Waals surface area contributed by atoms with E-state index in [1.165, 1.54) is 13.3 Å². The molecule has 0 radical (unpaired) electrons. The zero-order chi connectivity index (χ0) is 15.8. The fourth-order valence-corrected chi connectivity index (χ4v) is 3.24. The normalized spacial score (nSPS) is 13.5. The van der Waals surface area contributed by atoms with Crippen LogP contribution in [-0.4, -0.2) is 27.0 Å². The molecule has 1 atom stereocenters. The third-order valence-electron chi connectivity index (χ3n) is 3.02. The van der Waals surface area contributed by atoms with Crippen molar-refractivity contribution in [1.82, 2.24) is 0 Å². The van der Waals surface area contributed by atoms with E-state index in [9.17, 15) is 8.42 Å². The van der Waals surface area contributed by atoms with Crippen LogP contribution < -0.4 is 0 Å². The zero-order valence-corrected chi connectivity index (χ0v) is 13.0. The van der Waals surface area contributed by atoms with Gasteiger partial charge in [-0.15, -0.1) is 0 Å². The number of oxime groups is 1. The highest BCUT2D eigenvalue weighted by atomic mass is 32.2. The van der Waals surface area contributed by atoms with Gasteiger partial charge in [-0.05, 0) is 17.7 Å². The first-order valence-corrected chi connectivity index (χ1v) is 8.28. The summed E-state index contributed by atoms with van der Waals surface area (Å²) in [5.74, 6) is 0. The number of nitrogens with zero attached hydrogens (tertiary/aromatic N) is 1. The van der Waals surface area contributed by atoms with Gasteiger partial charge < -0.3 is 4.84 Å². The molecule has 5 heteroatoms. The van der Waals surface area contributed by atoms with E-state index in [0.29, 0.717) is 0 Å². The second kappa shape index (κ2) is 7.56. The second-order valence-electron chi connectivity index (χ2n) is 4.53. The second-order valence-corrected chi connectivity index (χ2v) is 6.64. The maximum absolute atomic E-state index is 12.7. The minimum Gasteiger partial charge on any atom is -0.399 e. The summed E-state index contributed by atoms with van der Waals surface area (Å²) in [6, 6.07) is 17.8. The first kappa shape index (κ1) is 16.0. The molecular weight excluding hydrogens is 298 g/mol. The van der Waals surface area contributed by atoms with Crippen molar-refractivity contribution in [1.29, 1.82) is 0 Å². The molecule has 0 aliphatic carbocycles. The van der Waals surface area contributed by atoms with E-state index in [-0.39, 0.29) is 4.90 Å². The van der Waals surface area contributed by atoms with Crippen molar-refractivity contribution in [2.45, 2.75) is 10.1 Å². The molecule has 2 aromatic rings. The van der Waals surface area contributed by atoms with E-state index in [1.54, 1.807) is 42.5 Å². The highest BCUT2D eigenvalue weighted by Crippen LogP contribution is 2.17. The van der Waals surface area contributed by atoms with Crippen LogP contribution in [0.2, 0.25) is 0 Å². The number of hydrogen-bond acceptors (Lipinski definition) is 4. The largest absolute Gasteiger partial charge is 0.399 e. The fraction of sp³-hybridized carbons (Fsp3) is 0.118. The average molecular weight is 315 g/mol. The molecule has 0 saturated heterocycles. The van der Waals surface area contributed by atoms with Crippen LogP contribution in [0.5, 0.6) is 0 Å². The summed E-state index contributed by atoms with van der Waals surface area (Å²) in [4.78, 5) is 4.88. The van der Waals surface area contributed by atoms with Gasteiger partial charge in [-0.3, -0.25) is 0 Å². The molecule has 0 aliphatic heterocycles. The van der Waals surface area contributed by atoms with E-state index in [2.05, 4.69) is 9.99 Å². The maximum Gasteiger partial charge on any atom is 0.190 e. The smallest absolute Gasteiger partial charge is 0.190 e. The SMILES string of the molecule is CON=CC(C=Cc1ccccc1)S(=O)(=O)c1ccccc1. The first-order chi connectivity index (χ1) is 10.6. The highest BCUT2D eigenvalue weighted by molar-refractivity contribution is 7.93. The molecule has 0 saturated carbocycles. The molecule has 0 bridgehead atoms. The van der Waals surface area contributed by atoms with Gasteiger partial charge in [-0.25, -0.2) is 8.42 Å². The lowest BCUT2D eigenvalue weighted by Gasteiger charge is -2.09. The Balaban J connectivity index is 2.34. The monoisotopic (exact) mass is 315 g/mol. The molecule has 0 aromatic heterocycles. The van der Waals surface area contributed by atoms with Crippen LogP contribution in [-0.2, 0) is 14.7 Å². The third-order valence-corrected chi connectivity index (χ3v) is 4.95. The molecular formula is C17H17NO3S. The maximum atomic E-state index is 12.7. The van der Waals surface area contributed by atoms with E-state index >= 15 is 0 Å². The Kier molecular flexibility index (Phi) is 5.49. The zero-order valence-electron chi connectivity index (χ0n) is 12.2. The van der Waals surface area contributed by atoms with Gasteiger partial charge in [-0.1, -0.05) is 65.8 Å². The van der Waals surface area contributed by atoms with Crippen LogP contribution in [0.3, 0.4) is 0 Å². The number of rotatable bonds is 6. The van der Waals surface area contributed by atoms with Crippen LogP contribution in [0, 0.1) is 0 Å². The summed E-state index contributed by atoms with van der Waals surface area (Å²) in [7, 11) is -2.18. The Morgan fingerprint density at radius 2 is 1.59 bits per heavy atom. The predicted molar refractivity (Wildman–Crippen MR) is 88.4 cm³/mol. The molecule has 0 amide bonds. The molecule has 4 nitrogen and oxygen atoms in total. The third kappa shape index (κ3) is 4.05. The fourth-order valence-electron chi connectivity index (χ4n) is 1.89. The van der Waals surface area contributed by atoms with E-state index in [4.69, 9.17) is 0 Å². The summed E-state index contributed by atoms with van der Waals surface area (Å²) in [5.41, 5.74) is 0.918. The van der Waals surface area contributed by atoms with Crippen molar-refractivity contribution in [2.24, 2.45) is 5.16 Å². The Labute approximate surface area is 130 Å². The summed E-state index contributed by atoms with van der Waals surface area (Å²) >= 11 is 0. The number of benzene rings is 2. The molecule has 1 unspecified atom stereocenters. The van der Waals surface area contributed by atoms with Crippen molar-refractivity contribution in [2.75, 3.05) is 7.11 Å². The summed E-state index contributed by atoms with van der Waals surface area (Å²) in [6.07, 6.45) is 4.63. The van der Waals surface area contributed by atoms with Gasteiger partial charge >= 0.3 is 0 Å². The highest BCUT2D eigenvalue weighted by Gasteiger charge is 2.23. The first-order valence-electron chi connectivity index (χ1n) is 6.73. The van der Waals surface area contributed by atoms with Crippen molar-refractivity contribution in [3.8, 4) is 0 Å². The Morgan fingerprint density at radius 1 is 1.00 bits per heavy atom. The van der Waals surface area contributed by atoms with E-state index < -0.39 is 15.1 Å². The predicted octanol–water partition coefficient (Wildman–Crippen LogP) is 3.17. The molecule has 2 rings (SSSR count). The standard InChI is InChI=1S/C17H17NO3S/c1-21-18-14-17(13-12-15-8-4-2-5-9-15)22(19,20)16-10-6-3-7-11-16/h2-14,17H,1H3. The van der Waals surface area contributed by atoms with Gasteiger partial charge in [0.15, 0.2) is 9.84 Å². The van der Waals surface area contributed by atoms with Crippen LogP contribution >= 0.6 is 0 Å². The lowest BCUT2D eigenvalue weighted by Crippen LogP contribution is -2.21. The van der Waals surface area contributed by atoms with Gasteiger partial charge in [0.05, 0.1) is 11.1 Å². The summed E-state index contributed by atoms with van der Waals surface area (Å²) in [5, 5.41) is 2.73. The van der Waals surface area contributed by atoms with Crippen molar-refractivity contribution >= 4 is 22.1 Å². The lowest BCUT2D eigenvalue weighted by molar-refractivity contribution is 0.215. The number of sulfone groups is 1. The van der Waals surface area contributed by atoms with Crippen molar-refractivity contribution in [3.05, 3.63) is 72.3 Å². The lowest BCUT2D eigenvalue weighted by atomic mass is 10.2. The van der Waals surface area contributed by atoms with Crippen LogP contribution in [0.25, 0.3) is 6.08 Å². The molecule has 22 heavy (non-hydrogen) atoms. The average Bonchev–Trinajstić information content (AvgIpc) is 2.56. The van der Waals surface area contributed by atoms with E-state index in [1.807, 2.05) is 30.3 Å². The topological polar surface area (TPSA) is 55.7 Å². The summed E-state index contributed by atoms with van der Waals surface area (Å²) < 4.78 is 25.3. The van der Waals surface area contributed by atoms with Crippen molar-refractivity contribution < 1.29 is 13.3 Å². The van der Waals surface area contributed by atoms with Gasteiger partial charge in [-0.2, -0.15) is 0 Å². The molecule has 0 aliphatic rings. The molecule has 114 valence electrons. The van der Waals surface area contributed by atoms with Gasteiger partial charge in [0.2, 0.25) is 0 Å². The minimum atomic E-state index is -3.56. The molecule has 0 N–H and O–H groups in total. The van der Waals surface area contributed by atoms with Crippen LogP contribution in [0.15, 0.2) is 76.8 Å². The Morgan fingerprint density at radius 3 is 2.18 bits per heavy atom. The molecule has 0 fully saturated rings.